The van der Waals surface area contributed by atoms with E-state index in [2.05, 4.69) is 36.8 Å². The number of pyridine rings is 1. The van der Waals surface area contributed by atoms with Crippen LogP contribution >= 0.6 is 15.9 Å². The predicted octanol–water partition coefficient (Wildman–Crippen LogP) is 2.83. The minimum absolute atomic E-state index is 0.191. The average molecular weight is 411 g/mol. The summed E-state index contributed by atoms with van der Waals surface area (Å²) in [5.41, 5.74) is -0.426. The van der Waals surface area contributed by atoms with Crippen LogP contribution in [0.1, 0.15) is 20.8 Å². The van der Waals surface area contributed by atoms with Gasteiger partial charge < -0.3 is 14.5 Å². The summed E-state index contributed by atoms with van der Waals surface area (Å²) in [6.07, 6.45) is 1.65. The normalized spacial score (nSPS) is 19.7. The van der Waals surface area contributed by atoms with Crippen LogP contribution in [0.15, 0.2) is 22.8 Å². The number of carbonyl (C=O) groups excluding carboxylic acids is 1. The van der Waals surface area contributed by atoms with Crippen LogP contribution in [0.3, 0.4) is 0 Å². The molecule has 0 atom stereocenters. The Morgan fingerprint density at radius 3 is 2.48 bits per heavy atom. The van der Waals surface area contributed by atoms with Crippen LogP contribution in [0.25, 0.3) is 0 Å². The van der Waals surface area contributed by atoms with Crippen LogP contribution in [0.4, 0.5) is 10.6 Å². The highest BCUT2D eigenvalue weighted by atomic mass is 79.9. The van der Waals surface area contributed by atoms with E-state index in [4.69, 9.17) is 4.74 Å². The smallest absolute Gasteiger partial charge is 0.410 e. The number of hydrogen-bond acceptors (Lipinski definition) is 5. The van der Waals surface area contributed by atoms with Crippen LogP contribution < -0.4 is 4.90 Å². The standard InChI is InChI=1S/C18H27BrN4O2/c1-18(2,3)25-17(24)22-8-6-21(7-9-22)11-14-12-23(13-14)16-5-4-15(19)10-20-16/h4-5,10,14H,6-9,11-13H2,1-3H3. The molecule has 0 bridgehead atoms. The van der Waals surface area contributed by atoms with E-state index in [1.807, 2.05) is 37.9 Å². The van der Waals surface area contributed by atoms with E-state index in [0.29, 0.717) is 5.92 Å². The third kappa shape index (κ3) is 5.07. The summed E-state index contributed by atoms with van der Waals surface area (Å²) < 4.78 is 6.46. The number of amides is 1. The van der Waals surface area contributed by atoms with Gasteiger partial charge in [0.25, 0.3) is 0 Å². The van der Waals surface area contributed by atoms with Gasteiger partial charge in [0.2, 0.25) is 0 Å². The molecule has 1 aromatic rings. The second kappa shape index (κ2) is 7.50. The van der Waals surface area contributed by atoms with Crippen molar-refractivity contribution < 1.29 is 9.53 Å². The highest BCUT2D eigenvalue weighted by Crippen LogP contribution is 2.24. The van der Waals surface area contributed by atoms with Crippen LogP contribution in [0, 0.1) is 5.92 Å². The van der Waals surface area contributed by atoms with E-state index in [-0.39, 0.29) is 6.09 Å². The number of carbonyl (C=O) groups is 1. The number of rotatable bonds is 3. The molecule has 2 saturated heterocycles. The van der Waals surface area contributed by atoms with Crippen molar-refractivity contribution in [3.05, 3.63) is 22.8 Å². The van der Waals surface area contributed by atoms with Crippen molar-refractivity contribution in [2.75, 3.05) is 50.7 Å². The molecule has 0 unspecified atom stereocenters. The lowest BCUT2D eigenvalue weighted by Gasteiger charge is -2.44. The monoisotopic (exact) mass is 410 g/mol. The molecule has 0 N–H and O–H groups in total. The number of halogens is 1. The van der Waals surface area contributed by atoms with Crippen molar-refractivity contribution in [2.45, 2.75) is 26.4 Å². The molecule has 0 aliphatic carbocycles. The Bertz CT molecular complexity index is 588. The van der Waals surface area contributed by atoms with E-state index in [1.54, 1.807) is 0 Å². The summed E-state index contributed by atoms with van der Waals surface area (Å²) in [5, 5.41) is 0. The summed E-state index contributed by atoms with van der Waals surface area (Å²) >= 11 is 3.42. The van der Waals surface area contributed by atoms with Gasteiger partial charge in [-0.2, -0.15) is 0 Å². The molecule has 2 aliphatic heterocycles. The van der Waals surface area contributed by atoms with E-state index in [1.165, 1.54) is 0 Å². The molecular weight excluding hydrogens is 384 g/mol. The number of ether oxygens (including phenoxy) is 1. The molecular formula is C18H27BrN4O2. The van der Waals surface area contributed by atoms with Crippen molar-refractivity contribution in [2.24, 2.45) is 5.92 Å². The highest BCUT2D eigenvalue weighted by molar-refractivity contribution is 9.10. The molecule has 0 spiro atoms. The minimum Gasteiger partial charge on any atom is -0.444 e. The van der Waals surface area contributed by atoms with Gasteiger partial charge in [0, 0.05) is 62.4 Å². The van der Waals surface area contributed by atoms with Crippen molar-refractivity contribution >= 4 is 27.8 Å². The first-order chi connectivity index (χ1) is 11.8. The molecule has 6 nitrogen and oxygen atoms in total. The third-order valence-electron chi connectivity index (χ3n) is 4.53. The van der Waals surface area contributed by atoms with Gasteiger partial charge in [-0.15, -0.1) is 0 Å². The first-order valence-electron chi connectivity index (χ1n) is 8.87. The summed E-state index contributed by atoms with van der Waals surface area (Å²) in [6, 6.07) is 4.09. The molecule has 2 aliphatic rings. The third-order valence-corrected chi connectivity index (χ3v) is 5.00. The minimum atomic E-state index is -0.426. The maximum Gasteiger partial charge on any atom is 0.410 e. The highest BCUT2D eigenvalue weighted by Gasteiger charge is 2.31. The second-order valence-electron chi connectivity index (χ2n) is 7.87. The van der Waals surface area contributed by atoms with Crippen molar-refractivity contribution in [3.63, 3.8) is 0 Å². The molecule has 25 heavy (non-hydrogen) atoms. The molecule has 2 fully saturated rings. The second-order valence-corrected chi connectivity index (χ2v) is 8.79. The Morgan fingerprint density at radius 2 is 1.92 bits per heavy atom. The number of anilines is 1. The maximum atomic E-state index is 12.1. The van der Waals surface area contributed by atoms with Gasteiger partial charge in [0.15, 0.2) is 0 Å². The van der Waals surface area contributed by atoms with E-state index >= 15 is 0 Å². The van der Waals surface area contributed by atoms with Gasteiger partial charge in [0.1, 0.15) is 11.4 Å². The van der Waals surface area contributed by atoms with Gasteiger partial charge >= 0.3 is 6.09 Å². The zero-order valence-electron chi connectivity index (χ0n) is 15.2. The Labute approximate surface area is 158 Å². The van der Waals surface area contributed by atoms with Crippen LogP contribution in [-0.4, -0.2) is 72.3 Å². The molecule has 138 valence electrons. The van der Waals surface area contributed by atoms with Gasteiger partial charge in [-0.25, -0.2) is 9.78 Å². The first-order valence-corrected chi connectivity index (χ1v) is 9.66. The van der Waals surface area contributed by atoms with Crippen molar-refractivity contribution in [1.82, 2.24) is 14.8 Å². The maximum absolute atomic E-state index is 12.1. The fourth-order valence-electron chi connectivity index (χ4n) is 3.23. The largest absolute Gasteiger partial charge is 0.444 e. The first kappa shape index (κ1) is 18.5. The molecule has 7 heteroatoms. The molecule has 1 aromatic heterocycles. The van der Waals surface area contributed by atoms with E-state index in [0.717, 1.165) is 56.1 Å². The predicted molar refractivity (Wildman–Crippen MR) is 102 cm³/mol. The Kier molecular flexibility index (Phi) is 5.53. The average Bonchev–Trinajstić information content (AvgIpc) is 2.50. The number of hydrogen-bond donors (Lipinski definition) is 0. The van der Waals surface area contributed by atoms with Crippen LogP contribution in [0.2, 0.25) is 0 Å². The van der Waals surface area contributed by atoms with E-state index in [9.17, 15) is 4.79 Å². The number of nitrogens with zero attached hydrogens (tertiary/aromatic N) is 4. The quantitative estimate of drug-likeness (QED) is 0.766. The summed E-state index contributed by atoms with van der Waals surface area (Å²) in [7, 11) is 0. The molecule has 0 aromatic carbocycles. The topological polar surface area (TPSA) is 48.9 Å². The number of aromatic nitrogens is 1. The Balaban J connectivity index is 1.38. The SMILES string of the molecule is CC(C)(C)OC(=O)N1CCN(CC2CN(c3ccc(Br)cn3)C2)CC1. The van der Waals surface area contributed by atoms with Crippen LogP contribution in [0.5, 0.6) is 0 Å². The van der Waals surface area contributed by atoms with E-state index < -0.39 is 5.60 Å². The lowest BCUT2D eigenvalue weighted by atomic mass is 9.99. The van der Waals surface area contributed by atoms with Gasteiger partial charge in [-0.1, -0.05) is 0 Å². The van der Waals surface area contributed by atoms with Crippen molar-refractivity contribution in [1.29, 1.82) is 0 Å². The summed E-state index contributed by atoms with van der Waals surface area (Å²) in [5.74, 6) is 1.73. The zero-order chi connectivity index (χ0) is 18.0. The Hall–Kier alpha value is -1.34. The Morgan fingerprint density at radius 1 is 1.24 bits per heavy atom. The molecule has 1 amide bonds. The summed E-state index contributed by atoms with van der Waals surface area (Å²) in [4.78, 5) is 23.1. The van der Waals surface area contributed by atoms with Crippen molar-refractivity contribution in [3.8, 4) is 0 Å². The molecule has 0 radical (unpaired) electrons. The fourth-order valence-corrected chi connectivity index (χ4v) is 3.47. The fraction of sp³-hybridized carbons (Fsp3) is 0.667. The summed E-state index contributed by atoms with van der Waals surface area (Å²) in [6.45, 7) is 12.3. The lowest BCUT2D eigenvalue weighted by molar-refractivity contribution is 0.0129. The number of piperazine rings is 1. The van der Waals surface area contributed by atoms with Gasteiger partial charge in [-0.05, 0) is 48.8 Å². The van der Waals surface area contributed by atoms with Crippen LogP contribution in [-0.2, 0) is 4.74 Å². The van der Waals surface area contributed by atoms with Gasteiger partial charge in [0.05, 0.1) is 0 Å². The molecule has 3 heterocycles. The zero-order valence-corrected chi connectivity index (χ0v) is 16.8. The molecule has 0 saturated carbocycles. The lowest BCUT2D eigenvalue weighted by Crippen LogP contribution is -2.56. The molecule has 3 rings (SSSR count). The van der Waals surface area contributed by atoms with Gasteiger partial charge in [-0.3, -0.25) is 4.90 Å².